The summed E-state index contributed by atoms with van der Waals surface area (Å²) in [5.74, 6) is 0.159. The minimum Gasteiger partial charge on any atom is -0.490 e. The maximum Gasteiger partial charge on any atom is 0.197 e. The Kier molecular flexibility index (Phi) is 5.31. The lowest BCUT2D eigenvalue weighted by atomic mass is 9.92. The first-order valence-corrected chi connectivity index (χ1v) is 6.01. The van der Waals surface area contributed by atoms with E-state index in [4.69, 9.17) is 9.47 Å². The number of Topliss-reactive ketones (excluding diaryl/α,β-unsaturated/α-hetero) is 1. The Balaban J connectivity index is 2.91. The molecule has 0 aromatic heterocycles. The van der Waals surface area contributed by atoms with Gasteiger partial charge in [0, 0.05) is 7.11 Å². The summed E-state index contributed by atoms with van der Waals surface area (Å²) in [4.78, 5) is 12.2. The van der Waals surface area contributed by atoms with E-state index < -0.39 is 5.60 Å². The molecule has 0 fully saturated rings. The zero-order chi connectivity index (χ0) is 13.6. The lowest BCUT2D eigenvalue weighted by Crippen LogP contribution is -2.34. The van der Waals surface area contributed by atoms with Gasteiger partial charge in [-0.3, -0.25) is 4.79 Å². The van der Waals surface area contributed by atoms with Crippen LogP contribution in [0.2, 0.25) is 0 Å². The summed E-state index contributed by atoms with van der Waals surface area (Å²) in [6.07, 6.45) is 0.359. The van der Waals surface area contributed by atoms with Crippen molar-refractivity contribution in [1.82, 2.24) is 0 Å². The maximum atomic E-state index is 12.2. The molecule has 0 spiro atoms. The van der Waals surface area contributed by atoms with Crippen molar-refractivity contribution in [1.29, 1.82) is 0 Å². The smallest absolute Gasteiger partial charge is 0.197 e. The molecule has 0 bridgehead atoms. The molecule has 18 heavy (non-hydrogen) atoms. The van der Waals surface area contributed by atoms with Gasteiger partial charge in [0.2, 0.25) is 0 Å². The first kappa shape index (κ1) is 14.7. The number of carbonyl (C=O) groups is 1. The van der Waals surface area contributed by atoms with Crippen molar-refractivity contribution in [3.63, 3.8) is 0 Å². The number of benzene rings is 1. The number of hydrogen-bond donors (Lipinski definition) is 1. The summed E-state index contributed by atoms with van der Waals surface area (Å²) >= 11 is 0. The lowest BCUT2D eigenvalue weighted by molar-refractivity contribution is 0.0385. The SMILES string of the molecule is CCC(C)(O)C(=O)c1ccccc1OCCOC. The van der Waals surface area contributed by atoms with Crippen LogP contribution in [0, 0.1) is 0 Å². The lowest BCUT2D eigenvalue weighted by Gasteiger charge is -2.21. The highest BCUT2D eigenvalue weighted by molar-refractivity contribution is 6.04. The van der Waals surface area contributed by atoms with E-state index in [1.807, 2.05) is 0 Å². The number of hydrogen-bond acceptors (Lipinski definition) is 4. The van der Waals surface area contributed by atoms with E-state index in [0.717, 1.165) is 0 Å². The maximum absolute atomic E-state index is 12.2. The fourth-order valence-electron chi connectivity index (χ4n) is 1.47. The highest BCUT2D eigenvalue weighted by Crippen LogP contribution is 2.24. The monoisotopic (exact) mass is 252 g/mol. The Morgan fingerprint density at radius 3 is 2.61 bits per heavy atom. The minimum atomic E-state index is -1.36. The Morgan fingerprint density at radius 2 is 2.00 bits per heavy atom. The zero-order valence-electron chi connectivity index (χ0n) is 11.1. The molecule has 4 nitrogen and oxygen atoms in total. The standard InChI is InChI=1S/C14H20O4/c1-4-14(2,16)13(15)11-7-5-6-8-12(11)18-10-9-17-3/h5-8,16H,4,9-10H2,1-3H3. The topological polar surface area (TPSA) is 55.8 Å². The highest BCUT2D eigenvalue weighted by atomic mass is 16.5. The molecule has 1 atom stereocenters. The quantitative estimate of drug-likeness (QED) is 0.596. The van der Waals surface area contributed by atoms with Crippen LogP contribution in [0.4, 0.5) is 0 Å². The largest absolute Gasteiger partial charge is 0.490 e. The van der Waals surface area contributed by atoms with Crippen molar-refractivity contribution in [2.45, 2.75) is 25.9 Å². The molecule has 0 radical (unpaired) electrons. The number of methoxy groups -OCH3 is 1. The van der Waals surface area contributed by atoms with Crippen molar-refractivity contribution in [3.05, 3.63) is 29.8 Å². The van der Waals surface area contributed by atoms with Gasteiger partial charge in [-0.2, -0.15) is 0 Å². The third kappa shape index (κ3) is 3.55. The Morgan fingerprint density at radius 1 is 1.33 bits per heavy atom. The molecule has 0 heterocycles. The summed E-state index contributed by atoms with van der Waals surface area (Å²) in [6.45, 7) is 4.11. The van der Waals surface area contributed by atoms with Crippen molar-refractivity contribution in [2.24, 2.45) is 0 Å². The van der Waals surface area contributed by atoms with Crippen LogP contribution in [-0.4, -0.2) is 36.8 Å². The molecule has 100 valence electrons. The van der Waals surface area contributed by atoms with Crippen LogP contribution in [0.3, 0.4) is 0 Å². The average molecular weight is 252 g/mol. The molecule has 1 aromatic rings. The van der Waals surface area contributed by atoms with Crippen LogP contribution in [0.25, 0.3) is 0 Å². The number of rotatable bonds is 7. The van der Waals surface area contributed by atoms with Gasteiger partial charge in [0.15, 0.2) is 5.78 Å². The van der Waals surface area contributed by atoms with E-state index in [1.54, 1.807) is 38.3 Å². The summed E-state index contributed by atoms with van der Waals surface area (Å²) < 4.78 is 10.4. The van der Waals surface area contributed by atoms with Crippen LogP contribution < -0.4 is 4.74 Å². The van der Waals surface area contributed by atoms with E-state index in [0.29, 0.717) is 30.9 Å². The second kappa shape index (κ2) is 6.52. The van der Waals surface area contributed by atoms with E-state index >= 15 is 0 Å². The van der Waals surface area contributed by atoms with E-state index in [-0.39, 0.29) is 5.78 Å². The van der Waals surface area contributed by atoms with Crippen molar-refractivity contribution in [2.75, 3.05) is 20.3 Å². The summed E-state index contributed by atoms with van der Waals surface area (Å²) in [5.41, 5.74) is -0.957. The van der Waals surface area contributed by atoms with Crippen LogP contribution in [0.15, 0.2) is 24.3 Å². The highest BCUT2D eigenvalue weighted by Gasteiger charge is 2.30. The summed E-state index contributed by atoms with van der Waals surface area (Å²) in [6, 6.07) is 6.92. The first-order chi connectivity index (χ1) is 8.53. The van der Waals surface area contributed by atoms with Crippen LogP contribution in [0.1, 0.15) is 30.6 Å². The predicted molar refractivity (Wildman–Crippen MR) is 69.1 cm³/mol. The van der Waals surface area contributed by atoms with Crippen molar-refractivity contribution < 1.29 is 19.4 Å². The van der Waals surface area contributed by atoms with Crippen molar-refractivity contribution in [3.8, 4) is 5.75 Å². The Hall–Kier alpha value is -1.39. The normalized spacial score (nSPS) is 14.0. The molecule has 1 rings (SSSR count). The predicted octanol–water partition coefficient (Wildman–Crippen LogP) is 2.06. The van der Waals surface area contributed by atoms with E-state index in [2.05, 4.69) is 0 Å². The van der Waals surface area contributed by atoms with Gasteiger partial charge in [0.1, 0.15) is 18.0 Å². The number of ether oxygens (including phenoxy) is 2. The fraction of sp³-hybridized carbons (Fsp3) is 0.500. The van der Waals surface area contributed by atoms with Gasteiger partial charge < -0.3 is 14.6 Å². The average Bonchev–Trinajstić information content (AvgIpc) is 2.39. The zero-order valence-corrected chi connectivity index (χ0v) is 11.1. The second-order valence-electron chi connectivity index (χ2n) is 4.29. The van der Waals surface area contributed by atoms with E-state index in [9.17, 15) is 9.90 Å². The molecule has 0 aliphatic carbocycles. The summed E-state index contributed by atoms with van der Waals surface area (Å²) in [5, 5.41) is 10.0. The molecule has 1 unspecified atom stereocenters. The number of carbonyl (C=O) groups excluding carboxylic acids is 1. The van der Waals surface area contributed by atoms with Gasteiger partial charge in [-0.05, 0) is 25.5 Å². The van der Waals surface area contributed by atoms with Gasteiger partial charge >= 0.3 is 0 Å². The number of ketones is 1. The van der Waals surface area contributed by atoms with Gasteiger partial charge in [-0.25, -0.2) is 0 Å². The van der Waals surface area contributed by atoms with Crippen molar-refractivity contribution >= 4 is 5.78 Å². The van der Waals surface area contributed by atoms with Crippen LogP contribution in [-0.2, 0) is 4.74 Å². The van der Waals surface area contributed by atoms with Crippen LogP contribution >= 0.6 is 0 Å². The summed E-state index contributed by atoms with van der Waals surface area (Å²) in [7, 11) is 1.59. The molecule has 4 heteroatoms. The van der Waals surface area contributed by atoms with Gasteiger partial charge in [0.05, 0.1) is 12.2 Å². The third-order valence-electron chi connectivity index (χ3n) is 2.85. The van der Waals surface area contributed by atoms with Crippen LogP contribution in [0.5, 0.6) is 5.75 Å². The molecular weight excluding hydrogens is 232 g/mol. The molecule has 1 N–H and O–H groups in total. The first-order valence-electron chi connectivity index (χ1n) is 6.01. The van der Waals surface area contributed by atoms with Gasteiger partial charge in [0.25, 0.3) is 0 Å². The van der Waals surface area contributed by atoms with Gasteiger partial charge in [-0.15, -0.1) is 0 Å². The van der Waals surface area contributed by atoms with E-state index in [1.165, 1.54) is 6.92 Å². The second-order valence-corrected chi connectivity index (χ2v) is 4.29. The number of aliphatic hydroxyl groups is 1. The Bertz CT molecular complexity index is 399. The Labute approximate surface area is 108 Å². The number of para-hydroxylation sites is 1. The fourth-order valence-corrected chi connectivity index (χ4v) is 1.47. The van der Waals surface area contributed by atoms with Gasteiger partial charge in [-0.1, -0.05) is 19.1 Å². The molecule has 0 saturated carbocycles. The molecule has 0 aliphatic heterocycles. The molecular formula is C14H20O4. The molecule has 0 aliphatic rings. The molecule has 0 amide bonds. The minimum absolute atomic E-state index is 0.321. The third-order valence-corrected chi connectivity index (χ3v) is 2.85. The molecule has 1 aromatic carbocycles. The molecule has 0 saturated heterocycles.